The molecule has 1 aromatic rings. The molecule has 20 heavy (non-hydrogen) atoms. The highest BCUT2D eigenvalue weighted by molar-refractivity contribution is 6.03. The molecule has 0 aliphatic heterocycles. The van der Waals surface area contributed by atoms with Crippen LogP contribution in [0.2, 0.25) is 0 Å². The Morgan fingerprint density at radius 3 is 2.40 bits per heavy atom. The van der Waals surface area contributed by atoms with Crippen LogP contribution in [0.15, 0.2) is 18.2 Å². The topological polar surface area (TPSA) is 156 Å². The summed E-state index contributed by atoms with van der Waals surface area (Å²) < 4.78 is 0. The number of ketones is 1. The molecule has 108 valence electrons. The standard InChI is InChI=1S/C12H15N3O5/c13-8(3-4-10(16)17)11(18)6-1-2-7(12(19)20)9(5-6)15-14/h1-2,5,8,15H,3-4,13-14H2,(H,16,17)(H,19,20)/t8-/m0/s1. The van der Waals surface area contributed by atoms with E-state index in [1.807, 2.05) is 0 Å². The van der Waals surface area contributed by atoms with Crippen molar-refractivity contribution in [1.82, 2.24) is 0 Å². The number of hydrogen-bond donors (Lipinski definition) is 5. The van der Waals surface area contributed by atoms with Gasteiger partial charge < -0.3 is 21.4 Å². The van der Waals surface area contributed by atoms with Gasteiger partial charge in [0.15, 0.2) is 5.78 Å². The third-order valence-electron chi connectivity index (χ3n) is 2.70. The molecular formula is C12H15N3O5. The largest absolute Gasteiger partial charge is 0.481 e. The SMILES string of the molecule is NNc1cc(C(=O)[C@@H](N)CCC(=O)O)ccc1C(=O)O. The van der Waals surface area contributed by atoms with Crippen LogP contribution in [-0.2, 0) is 4.79 Å². The van der Waals surface area contributed by atoms with E-state index >= 15 is 0 Å². The monoisotopic (exact) mass is 281 g/mol. The van der Waals surface area contributed by atoms with Crippen LogP contribution in [0.4, 0.5) is 5.69 Å². The molecule has 0 bridgehead atoms. The first-order chi connectivity index (χ1) is 9.36. The fourth-order valence-corrected chi connectivity index (χ4v) is 1.63. The molecule has 0 heterocycles. The number of aliphatic carboxylic acids is 1. The third-order valence-corrected chi connectivity index (χ3v) is 2.70. The molecule has 0 unspecified atom stereocenters. The van der Waals surface area contributed by atoms with Crippen LogP contribution in [0.3, 0.4) is 0 Å². The van der Waals surface area contributed by atoms with Crippen molar-refractivity contribution >= 4 is 23.4 Å². The minimum absolute atomic E-state index is 0.000234. The Bertz CT molecular complexity index is 544. The zero-order valence-corrected chi connectivity index (χ0v) is 10.5. The Hall–Kier alpha value is -2.45. The normalized spacial score (nSPS) is 11.7. The summed E-state index contributed by atoms with van der Waals surface area (Å²) in [5, 5.41) is 17.4. The molecule has 0 saturated carbocycles. The fraction of sp³-hybridized carbons (Fsp3) is 0.250. The molecule has 0 amide bonds. The average molecular weight is 281 g/mol. The van der Waals surface area contributed by atoms with Crippen molar-refractivity contribution in [2.45, 2.75) is 18.9 Å². The van der Waals surface area contributed by atoms with Gasteiger partial charge >= 0.3 is 11.9 Å². The number of aromatic carboxylic acids is 1. The molecule has 8 nitrogen and oxygen atoms in total. The second-order valence-corrected chi connectivity index (χ2v) is 4.11. The molecule has 0 aliphatic carbocycles. The van der Waals surface area contributed by atoms with Crippen LogP contribution < -0.4 is 17.0 Å². The van der Waals surface area contributed by atoms with E-state index in [9.17, 15) is 14.4 Å². The first-order valence-corrected chi connectivity index (χ1v) is 5.72. The summed E-state index contributed by atoms with van der Waals surface area (Å²) in [6.07, 6.45) is -0.220. The lowest BCUT2D eigenvalue weighted by Crippen LogP contribution is -2.31. The maximum atomic E-state index is 12.0. The van der Waals surface area contributed by atoms with E-state index in [0.29, 0.717) is 0 Å². The minimum Gasteiger partial charge on any atom is -0.481 e. The molecule has 0 spiro atoms. The molecule has 8 heteroatoms. The lowest BCUT2D eigenvalue weighted by atomic mass is 9.99. The van der Waals surface area contributed by atoms with Crippen molar-refractivity contribution < 1.29 is 24.6 Å². The number of carbonyl (C=O) groups is 3. The van der Waals surface area contributed by atoms with Crippen molar-refractivity contribution in [2.24, 2.45) is 11.6 Å². The summed E-state index contributed by atoms with van der Waals surface area (Å²) in [6, 6.07) is 2.85. The first-order valence-electron chi connectivity index (χ1n) is 5.72. The Balaban J connectivity index is 2.93. The van der Waals surface area contributed by atoms with Crippen molar-refractivity contribution in [3.63, 3.8) is 0 Å². The number of carboxylic acid groups (broad SMARTS) is 2. The van der Waals surface area contributed by atoms with Gasteiger partial charge in [-0.05, 0) is 18.6 Å². The predicted molar refractivity (Wildman–Crippen MR) is 70.4 cm³/mol. The van der Waals surface area contributed by atoms with E-state index in [1.165, 1.54) is 18.2 Å². The van der Waals surface area contributed by atoms with Gasteiger partial charge in [-0.25, -0.2) is 4.79 Å². The van der Waals surface area contributed by atoms with Crippen molar-refractivity contribution in [1.29, 1.82) is 0 Å². The Morgan fingerprint density at radius 2 is 1.90 bits per heavy atom. The number of rotatable bonds is 7. The maximum Gasteiger partial charge on any atom is 0.337 e. The van der Waals surface area contributed by atoms with Gasteiger partial charge in [-0.2, -0.15) is 0 Å². The van der Waals surface area contributed by atoms with Gasteiger partial charge in [0.25, 0.3) is 0 Å². The molecule has 1 aromatic carbocycles. The summed E-state index contributed by atoms with van der Waals surface area (Å²) in [7, 11) is 0. The van der Waals surface area contributed by atoms with Gasteiger partial charge in [-0.15, -0.1) is 0 Å². The highest BCUT2D eigenvalue weighted by Crippen LogP contribution is 2.18. The van der Waals surface area contributed by atoms with Crippen LogP contribution >= 0.6 is 0 Å². The number of nitrogens with one attached hydrogen (secondary N) is 1. The summed E-state index contributed by atoms with van der Waals surface area (Å²) in [5.41, 5.74) is 7.96. The van der Waals surface area contributed by atoms with Crippen molar-refractivity contribution in [2.75, 3.05) is 5.43 Å². The molecule has 0 aromatic heterocycles. The number of carboxylic acids is 2. The van der Waals surface area contributed by atoms with Crippen LogP contribution in [0, 0.1) is 0 Å². The molecule has 0 aliphatic rings. The highest BCUT2D eigenvalue weighted by atomic mass is 16.4. The van der Waals surface area contributed by atoms with E-state index in [-0.39, 0.29) is 29.7 Å². The van der Waals surface area contributed by atoms with Crippen LogP contribution in [0.1, 0.15) is 33.6 Å². The summed E-state index contributed by atoms with van der Waals surface area (Å²) in [6.45, 7) is 0. The highest BCUT2D eigenvalue weighted by Gasteiger charge is 2.19. The second kappa shape index (κ2) is 6.64. The van der Waals surface area contributed by atoms with Gasteiger partial charge in [-0.1, -0.05) is 6.07 Å². The lowest BCUT2D eigenvalue weighted by Gasteiger charge is -2.11. The third kappa shape index (κ3) is 3.77. The number of Topliss-reactive ketones (excluding diaryl/α,β-unsaturated/α-hetero) is 1. The minimum atomic E-state index is -1.19. The maximum absolute atomic E-state index is 12.0. The Kier molecular flexibility index (Phi) is 5.18. The van der Waals surface area contributed by atoms with Gasteiger partial charge in [0.1, 0.15) is 0 Å². The summed E-state index contributed by atoms with van der Waals surface area (Å²) in [4.78, 5) is 33.3. The molecule has 0 fully saturated rings. The predicted octanol–water partition coefficient (Wildman–Crippen LogP) is 0.0452. The lowest BCUT2D eigenvalue weighted by molar-refractivity contribution is -0.137. The van der Waals surface area contributed by atoms with Crippen molar-refractivity contribution in [3.05, 3.63) is 29.3 Å². The van der Waals surface area contributed by atoms with E-state index < -0.39 is 23.8 Å². The molecular weight excluding hydrogens is 266 g/mol. The summed E-state index contributed by atoms with van der Waals surface area (Å²) >= 11 is 0. The van der Waals surface area contributed by atoms with Gasteiger partial charge in [-0.3, -0.25) is 15.4 Å². The molecule has 0 radical (unpaired) electrons. The molecule has 1 atom stereocenters. The zero-order valence-electron chi connectivity index (χ0n) is 10.5. The fourth-order valence-electron chi connectivity index (χ4n) is 1.63. The van der Waals surface area contributed by atoms with E-state index in [2.05, 4.69) is 5.43 Å². The quantitative estimate of drug-likeness (QED) is 0.266. The Labute approximate surface area is 114 Å². The molecule has 1 rings (SSSR count). The zero-order chi connectivity index (χ0) is 15.3. The number of benzene rings is 1. The van der Waals surface area contributed by atoms with Gasteiger partial charge in [0, 0.05) is 12.0 Å². The molecule has 7 N–H and O–H groups in total. The van der Waals surface area contributed by atoms with Gasteiger partial charge in [0.2, 0.25) is 0 Å². The second-order valence-electron chi connectivity index (χ2n) is 4.11. The smallest absolute Gasteiger partial charge is 0.337 e. The number of carbonyl (C=O) groups excluding carboxylic acids is 1. The van der Waals surface area contributed by atoms with E-state index in [4.69, 9.17) is 21.8 Å². The van der Waals surface area contributed by atoms with E-state index in [1.54, 1.807) is 0 Å². The average Bonchev–Trinajstić information content (AvgIpc) is 2.42. The van der Waals surface area contributed by atoms with Crippen LogP contribution in [0.25, 0.3) is 0 Å². The first kappa shape index (κ1) is 15.6. The molecule has 0 saturated heterocycles. The number of nitrogen functional groups attached to an aromatic ring is 1. The van der Waals surface area contributed by atoms with E-state index in [0.717, 1.165) is 0 Å². The number of anilines is 1. The van der Waals surface area contributed by atoms with Crippen molar-refractivity contribution in [3.8, 4) is 0 Å². The van der Waals surface area contributed by atoms with Crippen LogP contribution in [-0.4, -0.2) is 34.0 Å². The number of hydrogen-bond acceptors (Lipinski definition) is 6. The Morgan fingerprint density at radius 1 is 1.25 bits per heavy atom. The number of nitrogens with two attached hydrogens (primary N) is 2. The summed E-state index contributed by atoms with van der Waals surface area (Å²) in [5.74, 6) is 2.50. The van der Waals surface area contributed by atoms with Crippen LogP contribution in [0.5, 0.6) is 0 Å². The number of hydrazine groups is 1. The van der Waals surface area contributed by atoms with Gasteiger partial charge in [0.05, 0.1) is 17.3 Å².